The van der Waals surface area contributed by atoms with Crippen LogP contribution in [0.1, 0.15) is 6.23 Å². The number of nitrogens with one attached hydrogen (secondary N) is 1. The minimum atomic E-state index is -3.41. The van der Waals surface area contributed by atoms with Crippen LogP contribution in [0.2, 0.25) is 5.02 Å². The van der Waals surface area contributed by atoms with Crippen LogP contribution >= 0.6 is 11.6 Å². The molecule has 1 saturated heterocycles. The fourth-order valence-corrected chi connectivity index (χ4v) is 2.18. The zero-order valence-corrected chi connectivity index (χ0v) is 10.9. The lowest BCUT2D eigenvalue weighted by Crippen LogP contribution is -2.51. The Morgan fingerprint density at radius 3 is 2.62 bits per heavy atom. The van der Waals surface area contributed by atoms with Gasteiger partial charge in [0.25, 0.3) is 12.0 Å². The summed E-state index contributed by atoms with van der Waals surface area (Å²) in [5, 5.41) is 18.1. The smallest absolute Gasteiger partial charge is 0.330 e. The van der Waals surface area contributed by atoms with E-state index in [0.29, 0.717) is 10.8 Å². The normalized spacial score (nSPS) is 32.8. The second-order valence-electron chi connectivity index (χ2n) is 4.46. The lowest BCUT2D eigenvalue weighted by atomic mass is 9.97. The SMILES string of the molecule is O=c1[nH]c(=O)n([C@@H]2O[C@@](CO)(C(F)F)[C@@H](O)[C@@H]2F)cc1Cl. The molecule has 1 aliphatic rings. The van der Waals surface area contributed by atoms with Crippen molar-refractivity contribution in [2.45, 2.75) is 30.5 Å². The number of aromatic nitrogens is 2. The van der Waals surface area contributed by atoms with Gasteiger partial charge in [-0.25, -0.2) is 18.0 Å². The predicted molar refractivity (Wildman–Crippen MR) is 63.2 cm³/mol. The molecule has 1 fully saturated rings. The standard InChI is InChI=1S/C10H10ClF3N2O5/c11-3-1-16(9(20)15-6(3)19)7-4(12)5(18)10(2-17,21-7)8(13)14/h1,4-5,7-8,17-18H,2H2,(H,15,19,20)/t4-,5-,7+,10+/m0/s1. The highest BCUT2D eigenvalue weighted by Crippen LogP contribution is 2.41. The highest BCUT2D eigenvalue weighted by Gasteiger charge is 2.61. The molecule has 0 bridgehead atoms. The van der Waals surface area contributed by atoms with Gasteiger partial charge in [-0.1, -0.05) is 11.6 Å². The Balaban J connectivity index is 2.50. The van der Waals surface area contributed by atoms with Gasteiger partial charge in [0.05, 0.1) is 6.61 Å². The number of H-pyrrole nitrogens is 1. The number of hydrogen-bond acceptors (Lipinski definition) is 5. The Hall–Kier alpha value is -1.36. The number of alkyl halides is 3. The predicted octanol–water partition coefficient (Wildman–Crippen LogP) is -0.586. The van der Waals surface area contributed by atoms with E-state index in [2.05, 4.69) is 0 Å². The number of aliphatic hydroxyl groups excluding tert-OH is 2. The second-order valence-corrected chi connectivity index (χ2v) is 4.86. The zero-order chi connectivity index (χ0) is 15.9. The van der Waals surface area contributed by atoms with E-state index in [9.17, 15) is 27.9 Å². The molecule has 0 unspecified atom stereocenters. The van der Waals surface area contributed by atoms with Crippen LogP contribution < -0.4 is 11.2 Å². The van der Waals surface area contributed by atoms with E-state index in [1.165, 1.54) is 0 Å². The topological polar surface area (TPSA) is 105 Å². The molecule has 0 spiro atoms. The molecule has 1 aliphatic heterocycles. The van der Waals surface area contributed by atoms with Crippen LogP contribution in [-0.2, 0) is 4.74 Å². The largest absolute Gasteiger partial charge is 0.393 e. The maximum absolute atomic E-state index is 14.0. The van der Waals surface area contributed by atoms with Crippen LogP contribution in [0.25, 0.3) is 0 Å². The zero-order valence-electron chi connectivity index (χ0n) is 10.2. The number of aliphatic hydroxyl groups is 2. The molecule has 1 aromatic heterocycles. The van der Waals surface area contributed by atoms with Crippen LogP contribution in [0.5, 0.6) is 0 Å². The van der Waals surface area contributed by atoms with Crippen molar-refractivity contribution in [2.24, 2.45) is 0 Å². The molecule has 118 valence electrons. The van der Waals surface area contributed by atoms with Gasteiger partial charge in [0.15, 0.2) is 18.0 Å². The summed E-state index contributed by atoms with van der Waals surface area (Å²) in [7, 11) is 0. The van der Waals surface area contributed by atoms with Crippen molar-refractivity contribution >= 4 is 11.6 Å². The first-order chi connectivity index (χ1) is 9.74. The fraction of sp³-hybridized carbons (Fsp3) is 0.600. The molecule has 0 aromatic carbocycles. The van der Waals surface area contributed by atoms with Gasteiger partial charge in [-0.15, -0.1) is 0 Å². The molecule has 0 saturated carbocycles. The minimum Gasteiger partial charge on any atom is -0.393 e. The Morgan fingerprint density at radius 2 is 2.14 bits per heavy atom. The maximum Gasteiger partial charge on any atom is 0.330 e. The number of ether oxygens (including phenoxy) is 1. The first-order valence-corrected chi connectivity index (χ1v) is 6.02. The number of rotatable bonds is 3. The summed E-state index contributed by atoms with van der Waals surface area (Å²) in [5.41, 5.74) is -4.98. The Kier molecular flexibility index (Phi) is 4.15. The number of nitrogens with zero attached hydrogens (tertiary/aromatic N) is 1. The average Bonchev–Trinajstić information content (AvgIpc) is 2.68. The lowest BCUT2D eigenvalue weighted by Gasteiger charge is -2.28. The van der Waals surface area contributed by atoms with Gasteiger partial charge in [0.1, 0.15) is 11.1 Å². The lowest BCUT2D eigenvalue weighted by molar-refractivity contribution is -0.195. The van der Waals surface area contributed by atoms with Crippen molar-refractivity contribution in [1.82, 2.24) is 9.55 Å². The Labute approximate surface area is 119 Å². The molecular weight excluding hydrogens is 321 g/mol. The van der Waals surface area contributed by atoms with Crippen molar-refractivity contribution in [2.75, 3.05) is 6.61 Å². The van der Waals surface area contributed by atoms with Gasteiger partial charge in [-0.2, -0.15) is 0 Å². The number of halogens is 4. The van der Waals surface area contributed by atoms with Crippen molar-refractivity contribution < 1.29 is 28.1 Å². The highest BCUT2D eigenvalue weighted by atomic mass is 35.5. The molecule has 21 heavy (non-hydrogen) atoms. The summed E-state index contributed by atoms with van der Waals surface area (Å²) in [5.74, 6) is 0. The summed E-state index contributed by atoms with van der Waals surface area (Å²) in [4.78, 5) is 24.4. The third-order valence-electron chi connectivity index (χ3n) is 3.23. The van der Waals surface area contributed by atoms with Gasteiger partial charge < -0.3 is 14.9 Å². The van der Waals surface area contributed by atoms with Crippen LogP contribution in [0.15, 0.2) is 15.8 Å². The molecule has 0 amide bonds. The molecule has 11 heteroatoms. The quantitative estimate of drug-likeness (QED) is 0.687. The van der Waals surface area contributed by atoms with Crippen LogP contribution in [-0.4, -0.2) is 50.7 Å². The van der Waals surface area contributed by atoms with Gasteiger partial charge in [0.2, 0.25) is 0 Å². The van der Waals surface area contributed by atoms with E-state index >= 15 is 0 Å². The monoisotopic (exact) mass is 330 g/mol. The first-order valence-electron chi connectivity index (χ1n) is 5.64. The van der Waals surface area contributed by atoms with E-state index in [1.807, 2.05) is 0 Å². The van der Waals surface area contributed by atoms with Gasteiger partial charge >= 0.3 is 5.69 Å². The molecular formula is C10H10ClF3N2O5. The molecule has 4 atom stereocenters. The van der Waals surface area contributed by atoms with Crippen molar-refractivity contribution in [3.8, 4) is 0 Å². The van der Waals surface area contributed by atoms with E-state index in [4.69, 9.17) is 21.4 Å². The summed E-state index contributed by atoms with van der Waals surface area (Å²) in [6.45, 7) is -1.37. The third kappa shape index (κ3) is 2.37. The van der Waals surface area contributed by atoms with Gasteiger partial charge in [-0.05, 0) is 0 Å². The molecule has 7 nitrogen and oxygen atoms in total. The summed E-state index contributed by atoms with van der Waals surface area (Å²) < 4.78 is 45.1. The van der Waals surface area contributed by atoms with Crippen LogP contribution in [0.4, 0.5) is 13.2 Å². The summed E-state index contributed by atoms with van der Waals surface area (Å²) in [6.07, 6.45) is -9.49. The third-order valence-corrected chi connectivity index (χ3v) is 3.50. The van der Waals surface area contributed by atoms with E-state index in [1.54, 1.807) is 4.98 Å². The molecule has 0 radical (unpaired) electrons. The molecule has 2 rings (SSSR count). The van der Waals surface area contributed by atoms with Crippen molar-refractivity contribution in [3.05, 3.63) is 32.1 Å². The van der Waals surface area contributed by atoms with Crippen LogP contribution in [0.3, 0.4) is 0 Å². The van der Waals surface area contributed by atoms with E-state index in [0.717, 1.165) is 0 Å². The fourth-order valence-electron chi connectivity index (χ4n) is 2.03. The summed E-state index contributed by atoms with van der Waals surface area (Å²) >= 11 is 5.47. The van der Waals surface area contributed by atoms with E-state index < -0.39 is 53.4 Å². The summed E-state index contributed by atoms with van der Waals surface area (Å²) in [6, 6.07) is 0. The number of hydrogen-bond donors (Lipinski definition) is 3. The molecule has 0 aliphatic carbocycles. The first kappa shape index (κ1) is 16.0. The minimum absolute atomic E-state index is 0.428. The van der Waals surface area contributed by atoms with Crippen molar-refractivity contribution in [3.63, 3.8) is 0 Å². The Bertz CT molecular complexity index is 650. The Morgan fingerprint density at radius 1 is 1.52 bits per heavy atom. The van der Waals surface area contributed by atoms with Crippen LogP contribution in [0, 0.1) is 0 Å². The average molecular weight is 331 g/mol. The number of aromatic amines is 1. The molecule has 2 heterocycles. The molecule has 3 N–H and O–H groups in total. The van der Waals surface area contributed by atoms with Crippen molar-refractivity contribution in [1.29, 1.82) is 0 Å². The van der Waals surface area contributed by atoms with E-state index in [-0.39, 0.29) is 0 Å². The van der Waals surface area contributed by atoms with Gasteiger partial charge in [-0.3, -0.25) is 14.3 Å². The molecule has 1 aromatic rings. The maximum atomic E-state index is 14.0. The van der Waals surface area contributed by atoms with Gasteiger partial charge in [0, 0.05) is 6.20 Å². The second kappa shape index (κ2) is 5.44. The highest BCUT2D eigenvalue weighted by molar-refractivity contribution is 6.30.